The highest BCUT2D eigenvalue weighted by molar-refractivity contribution is 6.08. The van der Waals surface area contributed by atoms with Gasteiger partial charge in [-0.15, -0.1) is 6.58 Å². The Bertz CT molecular complexity index is 2410. The van der Waals surface area contributed by atoms with Crippen molar-refractivity contribution < 1.29 is 33.7 Å². The minimum atomic E-state index is -0.885. The van der Waals surface area contributed by atoms with Gasteiger partial charge in [-0.05, 0) is 69.4 Å². The fraction of sp³-hybridized carbons (Fsp3) is 0.220. The number of nitrogens with zero attached hydrogens (tertiary/aromatic N) is 2. The Morgan fingerprint density at radius 1 is 0.814 bits per heavy atom. The van der Waals surface area contributed by atoms with Gasteiger partial charge in [-0.2, -0.15) is 0 Å². The molecule has 9 heteroatoms. The zero-order chi connectivity index (χ0) is 41.3. The van der Waals surface area contributed by atoms with Crippen LogP contribution in [-0.4, -0.2) is 60.3 Å². The van der Waals surface area contributed by atoms with Gasteiger partial charge in [-0.25, -0.2) is 0 Å². The van der Waals surface area contributed by atoms with Crippen molar-refractivity contribution in [3.05, 3.63) is 174 Å². The number of esters is 1. The van der Waals surface area contributed by atoms with Crippen LogP contribution in [0.1, 0.15) is 52.9 Å². The maximum absolute atomic E-state index is 15.5. The Morgan fingerprint density at radius 3 is 2.20 bits per heavy atom. The van der Waals surface area contributed by atoms with Crippen molar-refractivity contribution in [3.8, 4) is 22.6 Å². The fourth-order valence-electron chi connectivity index (χ4n) is 7.97. The maximum atomic E-state index is 15.5. The normalized spacial score (nSPS) is 14.9. The molecule has 0 saturated carbocycles. The van der Waals surface area contributed by atoms with Gasteiger partial charge < -0.3 is 29.1 Å². The summed E-state index contributed by atoms with van der Waals surface area (Å²) in [4.78, 5) is 46.9. The number of aliphatic hydroxyl groups is 1. The number of fused-ring (bicyclic) bond motifs is 2. The SMILES string of the molecule is C=CCC(OC(C)=O)[C@@H]1[C@@H](N(Cc2ccc(-c3ccccc3)cc2)C(=O)c2cccc3ccccc23)c2cc(OCCCO)ccc2N1C(=O)Cc1ccc(OC)cc1. The van der Waals surface area contributed by atoms with E-state index in [0.717, 1.165) is 33.0 Å². The van der Waals surface area contributed by atoms with Gasteiger partial charge in [-0.3, -0.25) is 14.4 Å². The van der Waals surface area contributed by atoms with Crippen molar-refractivity contribution in [2.75, 3.05) is 25.2 Å². The standard InChI is InChI=1S/C50H48N2O7/c1-4-12-46(59-34(2)54)49-48(44-32-41(58-30-11-29-53)27-28-45(44)52(49)47(55)31-35-21-25-40(57-3)26-22-35)51(50(56)43-18-10-16-39-15-8-9-17-42(39)43)33-36-19-23-38(24-20-36)37-13-6-5-7-14-37/h4-10,13-28,32,46,48-49,53H,1,11-12,29-31,33H2,2-3H3/t46?,48-,49+/m0/s1. The van der Waals surface area contributed by atoms with E-state index in [9.17, 15) is 14.7 Å². The van der Waals surface area contributed by atoms with Crippen LogP contribution in [-0.2, 0) is 27.3 Å². The van der Waals surface area contributed by atoms with Gasteiger partial charge in [0.1, 0.15) is 17.6 Å². The molecule has 0 spiro atoms. The molecule has 1 aliphatic heterocycles. The summed E-state index contributed by atoms with van der Waals surface area (Å²) < 4.78 is 17.6. The quantitative estimate of drug-likeness (QED) is 0.0593. The molecule has 6 aromatic rings. The lowest BCUT2D eigenvalue weighted by Gasteiger charge is -2.39. The van der Waals surface area contributed by atoms with Gasteiger partial charge in [0.15, 0.2) is 0 Å². The molecule has 0 bridgehead atoms. The average Bonchev–Trinajstić information content (AvgIpc) is 3.60. The van der Waals surface area contributed by atoms with Crippen molar-refractivity contribution >= 4 is 34.2 Å². The van der Waals surface area contributed by atoms with Gasteiger partial charge >= 0.3 is 5.97 Å². The van der Waals surface area contributed by atoms with Crippen molar-refractivity contribution in [1.82, 2.24) is 4.90 Å². The van der Waals surface area contributed by atoms with E-state index in [0.29, 0.717) is 34.7 Å². The Morgan fingerprint density at radius 2 is 1.49 bits per heavy atom. The molecule has 300 valence electrons. The number of methoxy groups -OCH3 is 1. The highest BCUT2D eigenvalue weighted by Gasteiger charge is 2.50. The van der Waals surface area contributed by atoms with E-state index in [2.05, 4.69) is 18.7 Å². The van der Waals surface area contributed by atoms with E-state index in [-0.39, 0.29) is 44.4 Å². The van der Waals surface area contributed by atoms with Crippen LogP contribution in [0.25, 0.3) is 21.9 Å². The largest absolute Gasteiger partial charge is 0.497 e. The first kappa shape index (κ1) is 40.5. The molecule has 0 saturated heterocycles. The van der Waals surface area contributed by atoms with E-state index >= 15 is 4.79 Å². The summed E-state index contributed by atoms with van der Waals surface area (Å²) >= 11 is 0. The number of benzene rings is 6. The summed E-state index contributed by atoms with van der Waals surface area (Å²) in [5.41, 5.74) is 5.46. The number of carbonyl (C=O) groups excluding carboxylic acids is 3. The van der Waals surface area contributed by atoms with E-state index < -0.39 is 24.2 Å². The molecule has 1 N–H and O–H groups in total. The van der Waals surface area contributed by atoms with Crippen LogP contribution >= 0.6 is 0 Å². The van der Waals surface area contributed by atoms with Crippen molar-refractivity contribution in [3.63, 3.8) is 0 Å². The number of carbonyl (C=O) groups is 3. The summed E-state index contributed by atoms with van der Waals surface area (Å²) in [6.45, 7) is 5.73. The van der Waals surface area contributed by atoms with Gasteiger partial charge in [0.05, 0.1) is 32.2 Å². The molecule has 1 unspecified atom stereocenters. The molecular formula is C50H48N2O7. The van der Waals surface area contributed by atoms with Crippen LogP contribution in [0.4, 0.5) is 5.69 Å². The Hall–Kier alpha value is -6.71. The molecule has 6 aromatic carbocycles. The third kappa shape index (κ3) is 9.06. The second-order valence-electron chi connectivity index (χ2n) is 14.6. The van der Waals surface area contributed by atoms with Gasteiger partial charge in [0.2, 0.25) is 5.91 Å². The van der Waals surface area contributed by atoms with Gasteiger partial charge in [0, 0.05) is 49.7 Å². The smallest absolute Gasteiger partial charge is 0.302 e. The molecule has 9 nitrogen and oxygen atoms in total. The highest BCUT2D eigenvalue weighted by Crippen LogP contribution is 2.48. The summed E-state index contributed by atoms with van der Waals surface area (Å²) in [6, 6.07) is 42.8. The van der Waals surface area contributed by atoms with E-state index in [1.165, 1.54) is 6.92 Å². The Labute approximate surface area is 345 Å². The Kier molecular flexibility index (Phi) is 12.8. The second kappa shape index (κ2) is 18.7. The highest BCUT2D eigenvalue weighted by atomic mass is 16.5. The Balaban J connectivity index is 1.42. The van der Waals surface area contributed by atoms with Crippen LogP contribution in [0.5, 0.6) is 11.5 Å². The number of rotatable bonds is 16. The molecule has 0 fully saturated rings. The van der Waals surface area contributed by atoms with Crippen molar-refractivity contribution in [2.45, 2.75) is 50.9 Å². The summed E-state index contributed by atoms with van der Waals surface area (Å²) in [7, 11) is 1.59. The molecule has 7 rings (SSSR count). The van der Waals surface area contributed by atoms with Crippen molar-refractivity contribution in [1.29, 1.82) is 0 Å². The predicted octanol–water partition coefficient (Wildman–Crippen LogP) is 9.13. The molecule has 0 radical (unpaired) electrons. The number of amides is 2. The molecular weight excluding hydrogens is 741 g/mol. The minimum Gasteiger partial charge on any atom is -0.497 e. The van der Waals surface area contributed by atoms with Crippen LogP contribution in [0.2, 0.25) is 0 Å². The molecule has 1 aliphatic rings. The van der Waals surface area contributed by atoms with E-state index in [1.54, 1.807) is 29.1 Å². The number of hydrogen-bond acceptors (Lipinski definition) is 7. The summed E-state index contributed by atoms with van der Waals surface area (Å²) in [5, 5.41) is 11.2. The monoisotopic (exact) mass is 788 g/mol. The second-order valence-corrected chi connectivity index (χ2v) is 14.6. The van der Waals surface area contributed by atoms with E-state index in [1.807, 2.05) is 121 Å². The first-order chi connectivity index (χ1) is 28.8. The molecule has 1 heterocycles. The lowest BCUT2D eigenvalue weighted by Crippen LogP contribution is -2.53. The topological polar surface area (TPSA) is 106 Å². The number of aliphatic hydroxyl groups excluding tert-OH is 1. The van der Waals surface area contributed by atoms with Crippen LogP contribution in [0.15, 0.2) is 152 Å². The fourth-order valence-corrected chi connectivity index (χ4v) is 7.97. The molecule has 59 heavy (non-hydrogen) atoms. The average molecular weight is 789 g/mol. The zero-order valence-electron chi connectivity index (χ0n) is 33.3. The number of anilines is 1. The summed E-state index contributed by atoms with van der Waals surface area (Å²) in [6.07, 6.45) is 1.45. The number of ether oxygens (including phenoxy) is 3. The van der Waals surface area contributed by atoms with E-state index in [4.69, 9.17) is 14.2 Å². The minimum absolute atomic E-state index is 0.0283. The first-order valence-corrected chi connectivity index (χ1v) is 19.8. The lowest BCUT2D eigenvalue weighted by atomic mass is 9.93. The predicted molar refractivity (Wildman–Crippen MR) is 230 cm³/mol. The van der Waals surface area contributed by atoms with Crippen LogP contribution in [0.3, 0.4) is 0 Å². The lowest BCUT2D eigenvalue weighted by molar-refractivity contribution is -0.148. The number of hydrogen-bond donors (Lipinski definition) is 1. The third-order valence-electron chi connectivity index (χ3n) is 10.7. The van der Waals surface area contributed by atoms with Crippen LogP contribution in [0, 0.1) is 0 Å². The maximum Gasteiger partial charge on any atom is 0.302 e. The molecule has 2 amide bonds. The van der Waals surface area contributed by atoms with Gasteiger partial charge in [-0.1, -0.05) is 109 Å². The third-order valence-corrected chi connectivity index (χ3v) is 10.7. The summed E-state index contributed by atoms with van der Waals surface area (Å²) in [5.74, 6) is 0.156. The molecule has 3 atom stereocenters. The van der Waals surface area contributed by atoms with Crippen LogP contribution < -0.4 is 14.4 Å². The van der Waals surface area contributed by atoms with Crippen molar-refractivity contribution in [2.24, 2.45) is 0 Å². The molecule has 0 aromatic heterocycles. The first-order valence-electron chi connectivity index (χ1n) is 19.8. The zero-order valence-corrected chi connectivity index (χ0v) is 33.3. The van der Waals surface area contributed by atoms with Gasteiger partial charge in [0.25, 0.3) is 5.91 Å². The molecule has 0 aliphatic carbocycles.